The van der Waals surface area contributed by atoms with E-state index in [0.29, 0.717) is 11.8 Å². The standard InChI is InChI=1S/C55H38S/c1-55(2)46-28-26-36(32-45(46)53-47(55)29-25-34-27-30-49-54(51(34)53)44-22-9-10-24-48(44)56-49)35-15-11-16-37(31-35)50-40-18-5-7-20-42(40)52(43-21-8-6-19-41(43)50)39-23-12-14-33-13-3-4-17-38(33)39/h3-33,38H,1-2H3. The van der Waals surface area contributed by atoms with Crippen molar-refractivity contribution in [1.29, 1.82) is 0 Å². The molecule has 12 rings (SSSR count). The summed E-state index contributed by atoms with van der Waals surface area (Å²) in [6.45, 7) is 4.80. The van der Waals surface area contributed by atoms with E-state index >= 15 is 0 Å². The van der Waals surface area contributed by atoms with Crippen LogP contribution >= 0.6 is 11.3 Å². The van der Waals surface area contributed by atoms with Gasteiger partial charge in [-0.15, -0.1) is 11.3 Å². The lowest BCUT2D eigenvalue weighted by Crippen LogP contribution is -2.15. The normalized spacial score (nSPS) is 17.9. The van der Waals surface area contributed by atoms with E-state index in [0.717, 1.165) is 0 Å². The molecule has 0 fully saturated rings. The molecule has 1 heterocycles. The lowest BCUT2D eigenvalue weighted by molar-refractivity contribution is 0.661. The number of thiophene rings is 1. The fourth-order valence-electron chi connectivity index (χ4n) is 10.4. The third-order valence-corrected chi connectivity index (χ3v) is 14.1. The van der Waals surface area contributed by atoms with Crippen LogP contribution in [0.15, 0.2) is 182 Å². The van der Waals surface area contributed by atoms with Crippen molar-refractivity contribution in [3.63, 3.8) is 0 Å². The Balaban J connectivity index is 1.06. The van der Waals surface area contributed by atoms with Crippen LogP contribution in [-0.4, -0.2) is 0 Å². The minimum absolute atomic E-state index is 0.0971. The average molecular weight is 731 g/mol. The van der Waals surface area contributed by atoms with E-state index in [4.69, 9.17) is 0 Å². The number of benzene rings is 8. The van der Waals surface area contributed by atoms with Gasteiger partial charge in [-0.05, 0) is 112 Å². The monoisotopic (exact) mass is 730 g/mol. The van der Waals surface area contributed by atoms with Gasteiger partial charge in [-0.25, -0.2) is 0 Å². The van der Waals surface area contributed by atoms with E-state index in [-0.39, 0.29) is 5.41 Å². The highest BCUT2D eigenvalue weighted by Crippen LogP contribution is 2.55. The van der Waals surface area contributed by atoms with E-state index in [9.17, 15) is 0 Å². The van der Waals surface area contributed by atoms with Gasteiger partial charge in [0, 0.05) is 37.4 Å². The number of rotatable bonds is 3. The lowest BCUT2D eigenvalue weighted by Gasteiger charge is -2.29. The maximum atomic E-state index is 2.49. The predicted octanol–water partition coefficient (Wildman–Crippen LogP) is 15.5. The van der Waals surface area contributed by atoms with Crippen LogP contribution < -0.4 is 0 Å². The highest BCUT2D eigenvalue weighted by molar-refractivity contribution is 7.26. The van der Waals surface area contributed by atoms with E-state index in [1.54, 1.807) is 0 Å². The van der Waals surface area contributed by atoms with Crippen LogP contribution in [0.1, 0.15) is 30.5 Å². The van der Waals surface area contributed by atoms with E-state index in [2.05, 4.69) is 196 Å². The Kier molecular flexibility index (Phi) is 6.78. The fourth-order valence-corrected chi connectivity index (χ4v) is 11.5. The van der Waals surface area contributed by atoms with Gasteiger partial charge >= 0.3 is 0 Å². The smallest absolute Gasteiger partial charge is 0.0362 e. The molecule has 2 atom stereocenters. The molecule has 0 N–H and O–H groups in total. The molecule has 0 nitrogen and oxygen atoms in total. The molecule has 1 aromatic heterocycles. The summed E-state index contributed by atoms with van der Waals surface area (Å²) in [4.78, 5) is 0. The van der Waals surface area contributed by atoms with Crippen molar-refractivity contribution in [1.82, 2.24) is 0 Å². The summed E-state index contributed by atoms with van der Waals surface area (Å²) in [7, 11) is 0. The molecule has 3 aliphatic carbocycles. The molecule has 0 aliphatic heterocycles. The molecule has 3 aliphatic rings. The zero-order chi connectivity index (χ0) is 37.1. The van der Waals surface area contributed by atoms with Gasteiger partial charge in [0.1, 0.15) is 0 Å². The van der Waals surface area contributed by atoms with Gasteiger partial charge < -0.3 is 0 Å². The van der Waals surface area contributed by atoms with Gasteiger partial charge in [0.15, 0.2) is 0 Å². The van der Waals surface area contributed by atoms with Gasteiger partial charge in [0.2, 0.25) is 0 Å². The quantitative estimate of drug-likeness (QED) is 0.159. The average Bonchev–Trinajstić information content (AvgIpc) is 3.74. The minimum atomic E-state index is -0.0971. The van der Waals surface area contributed by atoms with Crippen molar-refractivity contribution >= 4 is 69.4 Å². The summed E-state index contributed by atoms with van der Waals surface area (Å²) in [5.41, 5.74) is 13.3. The van der Waals surface area contributed by atoms with Gasteiger partial charge in [0.05, 0.1) is 0 Å². The second kappa shape index (κ2) is 11.9. The molecule has 0 bridgehead atoms. The first-order valence-corrected chi connectivity index (χ1v) is 20.7. The molecule has 264 valence electrons. The summed E-state index contributed by atoms with van der Waals surface area (Å²) in [6, 6.07) is 53.0. The third kappa shape index (κ3) is 4.47. The minimum Gasteiger partial charge on any atom is -0.135 e. The number of hydrogen-bond donors (Lipinski definition) is 0. The Hall–Kier alpha value is -6.28. The molecular formula is C55H38S. The van der Waals surface area contributed by atoms with Crippen LogP contribution in [0.3, 0.4) is 0 Å². The Morgan fingerprint density at radius 2 is 1.11 bits per heavy atom. The second-order valence-corrected chi connectivity index (χ2v) is 17.4. The highest BCUT2D eigenvalue weighted by Gasteiger charge is 2.37. The maximum Gasteiger partial charge on any atom is 0.0362 e. The van der Waals surface area contributed by atoms with Crippen LogP contribution in [0.25, 0.3) is 91.4 Å². The zero-order valence-corrected chi connectivity index (χ0v) is 32.2. The Morgan fingerprint density at radius 1 is 0.464 bits per heavy atom. The third-order valence-electron chi connectivity index (χ3n) is 13.0. The van der Waals surface area contributed by atoms with Crippen molar-refractivity contribution in [2.45, 2.75) is 19.3 Å². The van der Waals surface area contributed by atoms with Crippen LogP contribution in [0.5, 0.6) is 0 Å². The van der Waals surface area contributed by atoms with Crippen LogP contribution in [-0.2, 0) is 5.41 Å². The summed E-state index contributed by atoms with van der Waals surface area (Å²) in [6.07, 6.45) is 16.1. The SMILES string of the molecule is CC1(C)c2ccc(-c3cccc(-c4c5ccccc5c(C5=CC=CC6C=CC=CC56)c5ccccc45)c3)cc2-c2c1ccc1ccc3sc4ccccc4c3c21. The number of fused-ring (bicyclic) bond motifs is 12. The molecule has 0 radical (unpaired) electrons. The summed E-state index contributed by atoms with van der Waals surface area (Å²) < 4.78 is 2.71. The molecule has 2 unspecified atom stereocenters. The lowest BCUT2D eigenvalue weighted by atomic mass is 9.74. The van der Waals surface area contributed by atoms with Crippen molar-refractivity contribution in [2.75, 3.05) is 0 Å². The number of hydrogen-bond acceptors (Lipinski definition) is 1. The van der Waals surface area contributed by atoms with Gasteiger partial charge in [-0.2, -0.15) is 0 Å². The van der Waals surface area contributed by atoms with Crippen LogP contribution in [0.4, 0.5) is 0 Å². The van der Waals surface area contributed by atoms with Gasteiger partial charge in [0.25, 0.3) is 0 Å². The highest BCUT2D eigenvalue weighted by atomic mass is 32.1. The molecule has 9 aromatic rings. The van der Waals surface area contributed by atoms with Gasteiger partial charge in [-0.1, -0.05) is 172 Å². The summed E-state index contributed by atoms with van der Waals surface area (Å²) in [5.74, 6) is 0.708. The Labute approximate surface area is 331 Å². The first kappa shape index (κ1) is 32.0. The molecule has 0 saturated carbocycles. The van der Waals surface area contributed by atoms with Crippen LogP contribution in [0.2, 0.25) is 0 Å². The van der Waals surface area contributed by atoms with Gasteiger partial charge in [-0.3, -0.25) is 0 Å². The maximum absolute atomic E-state index is 2.49. The molecule has 0 spiro atoms. The largest absolute Gasteiger partial charge is 0.135 e. The van der Waals surface area contributed by atoms with Crippen LogP contribution in [0, 0.1) is 11.8 Å². The second-order valence-electron chi connectivity index (χ2n) is 16.3. The molecule has 0 amide bonds. The topological polar surface area (TPSA) is 0 Å². The predicted molar refractivity (Wildman–Crippen MR) is 243 cm³/mol. The summed E-state index contributed by atoms with van der Waals surface area (Å²) in [5, 5.41) is 10.7. The van der Waals surface area contributed by atoms with E-state index in [1.165, 1.54) is 108 Å². The van der Waals surface area contributed by atoms with E-state index < -0.39 is 0 Å². The molecule has 1 heteroatoms. The van der Waals surface area contributed by atoms with E-state index in [1.807, 2.05) is 11.3 Å². The zero-order valence-electron chi connectivity index (χ0n) is 31.4. The molecule has 56 heavy (non-hydrogen) atoms. The Morgan fingerprint density at radius 3 is 1.91 bits per heavy atom. The van der Waals surface area contributed by atoms with Crippen molar-refractivity contribution in [3.8, 4) is 33.4 Å². The Bertz CT molecular complexity index is 3230. The first-order valence-electron chi connectivity index (χ1n) is 19.8. The van der Waals surface area contributed by atoms with Crippen molar-refractivity contribution in [3.05, 3.63) is 199 Å². The number of allylic oxidation sites excluding steroid dienone is 8. The first-order chi connectivity index (χ1) is 27.5. The summed E-state index contributed by atoms with van der Waals surface area (Å²) >= 11 is 1.91. The molecule has 0 saturated heterocycles. The van der Waals surface area contributed by atoms with Crippen molar-refractivity contribution in [2.24, 2.45) is 11.8 Å². The fraction of sp³-hybridized carbons (Fsp3) is 0.0909. The molecule has 8 aromatic carbocycles. The molecular weight excluding hydrogens is 693 g/mol. The van der Waals surface area contributed by atoms with Crippen molar-refractivity contribution < 1.29 is 0 Å².